The van der Waals surface area contributed by atoms with Gasteiger partial charge in [0, 0.05) is 17.3 Å². The van der Waals surface area contributed by atoms with Crippen molar-refractivity contribution in [2.24, 2.45) is 0 Å². The van der Waals surface area contributed by atoms with E-state index in [9.17, 15) is 4.79 Å². The van der Waals surface area contributed by atoms with Gasteiger partial charge in [-0.25, -0.2) is 4.79 Å². The van der Waals surface area contributed by atoms with Gasteiger partial charge in [0.2, 0.25) is 0 Å². The molecule has 30 heavy (non-hydrogen) atoms. The van der Waals surface area contributed by atoms with Gasteiger partial charge < -0.3 is 15.0 Å². The summed E-state index contributed by atoms with van der Waals surface area (Å²) < 4.78 is 5.86. The first-order valence-electron chi connectivity index (χ1n) is 9.51. The Labute approximate surface area is 190 Å². The molecule has 1 aliphatic heterocycles. The van der Waals surface area contributed by atoms with Gasteiger partial charge in [-0.3, -0.25) is 0 Å². The molecule has 0 aromatic heterocycles. The van der Waals surface area contributed by atoms with Crippen molar-refractivity contribution in [1.82, 2.24) is 4.90 Å². The van der Waals surface area contributed by atoms with Gasteiger partial charge in [0.15, 0.2) is 0 Å². The zero-order valence-corrected chi connectivity index (χ0v) is 18.4. The molecule has 154 valence electrons. The highest BCUT2D eigenvalue weighted by Crippen LogP contribution is 2.39. The van der Waals surface area contributed by atoms with Gasteiger partial charge in [0.05, 0.1) is 10.7 Å². The number of thioether (sulfide) groups is 1. The van der Waals surface area contributed by atoms with Crippen molar-refractivity contribution in [1.29, 1.82) is 0 Å². The summed E-state index contributed by atoms with van der Waals surface area (Å²) in [6, 6.07) is 22.8. The van der Waals surface area contributed by atoms with Crippen molar-refractivity contribution >= 4 is 46.7 Å². The minimum atomic E-state index is -0.182. The quantitative estimate of drug-likeness (QED) is 0.454. The third kappa shape index (κ3) is 5.04. The Bertz CT molecular complexity index is 1020. The Hall–Kier alpha value is -2.34. The lowest BCUT2D eigenvalue weighted by molar-refractivity contribution is 0.214. The maximum Gasteiger partial charge on any atom is 0.323 e. The average molecular weight is 459 g/mol. The molecule has 1 aliphatic rings. The summed E-state index contributed by atoms with van der Waals surface area (Å²) >= 11 is 13.9. The number of nitrogens with zero attached hydrogens (tertiary/aromatic N) is 1. The van der Waals surface area contributed by atoms with Gasteiger partial charge in [-0.1, -0.05) is 65.7 Å². The molecule has 1 fully saturated rings. The molecule has 3 aromatic rings. The van der Waals surface area contributed by atoms with E-state index >= 15 is 0 Å². The number of benzene rings is 3. The highest BCUT2D eigenvalue weighted by atomic mass is 35.5. The van der Waals surface area contributed by atoms with E-state index in [-0.39, 0.29) is 11.4 Å². The van der Waals surface area contributed by atoms with E-state index in [1.807, 2.05) is 59.5 Å². The van der Waals surface area contributed by atoms with E-state index in [4.69, 9.17) is 27.9 Å². The average Bonchev–Trinajstić information content (AvgIpc) is 3.25. The van der Waals surface area contributed by atoms with Crippen LogP contribution in [0.25, 0.3) is 0 Å². The van der Waals surface area contributed by atoms with Gasteiger partial charge >= 0.3 is 6.03 Å². The third-order valence-electron chi connectivity index (χ3n) is 4.74. The van der Waals surface area contributed by atoms with Crippen LogP contribution in [0.1, 0.15) is 16.5 Å². The lowest BCUT2D eigenvalue weighted by Crippen LogP contribution is -2.34. The topological polar surface area (TPSA) is 41.6 Å². The number of anilines is 1. The fraction of sp³-hybridized carbons (Fsp3) is 0.174. The van der Waals surface area contributed by atoms with E-state index in [2.05, 4.69) is 5.32 Å². The Morgan fingerprint density at radius 3 is 2.57 bits per heavy atom. The zero-order valence-electron chi connectivity index (χ0n) is 16.1. The van der Waals surface area contributed by atoms with Gasteiger partial charge in [0.25, 0.3) is 0 Å². The highest BCUT2D eigenvalue weighted by molar-refractivity contribution is 7.99. The van der Waals surface area contributed by atoms with Gasteiger partial charge in [0.1, 0.15) is 17.7 Å². The van der Waals surface area contributed by atoms with Crippen LogP contribution in [0.3, 0.4) is 0 Å². The highest BCUT2D eigenvalue weighted by Gasteiger charge is 2.31. The number of urea groups is 1. The van der Waals surface area contributed by atoms with Crippen LogP contribution >= 0.6 is 35.0 Å². The molecular formula is C23H20Cl2N2O2S. The molecule has 3 aromatic carbocycles. The van der Waals surface area contributed by atoms with E-state index < -0.39 is 0 Å². The molecule has 0 bridgehead atoms. The second kappa shape index (κ2) is 9.65. The first-order chi connectivity index (χ1) is 14.6. The fourth-order valence-corrected chi connectivity index (χ4v) is 4.91. The molecule has 1 unspecified atom stereocenters. The first kappa shape index (κ1) is 20.9. The number of halogens is 2. The number of nitrogens with one attached hydrogen (secondary N) is 1. The largest absolute Gasteiger partial charge is 0.489 e. The lowest BCUT2D eigenvalue weighted by Gasteiger charge is -2.25. The summed E-state index contributed by atoms with van der Waals surface area (Å²) in [6.45, 7) is 1.19. The van der Waals surface area contributed by atoms with Crippen LogP contribution in [0.5, 0.6) is 5.75 Å². The van der Waals surface area contributed by atoms with Crippen molar-refractivity contribution in [3.63, 3.8) is 0 Å². The van der Waals surface area contributed by atoms with Crippen molar-refractivity contribution in [2.45, 2.75) is 12.0 Å². The number of rotatable bonds is 5. The molecule has 4 rings (SSSR count). The zero-order chi connectivity index (χ0) is 20.9. The molecule has 7 heteroatoms. The fourth-order valence-electron chi connectivity index (χ4n) is 3.20. The van der Waals surface area contributed by atoms with Crippen molar-refractivity contribution in [3.05, 3.63) is 94.0 Å². The molecule has 0 saturated carbocycles. The Balaban J connectivity index is 1.40. The maximum absolute atomic E-state index is 12.8. The van der Waals surface area contributed by atoms with Gasteiger partial charge in [-0.2, -0.15) is 0 Å². The number of hydrogen-bond acceptors (Lipinski definition) is 3. The summed E-state index contributed by atoms with van der Waals surface area (Å²) in [5.74, 6) is 1.67. The summed E-state index contributed by atoms with van der Waals surface area (Å²) in [5, 5.41) is 3.78. The van der Waals surface area contributed by atoms with Crippen molar-refractivity contribution in [2.75, 3.05) is 17.6 Å². The number of carbonyl (C=O) groups is 1. The molecular weight excluding hydrogens is 439 g/mol. The van der Waals surface area contributed by atoms with Crippen LogP contribution in [0, 0.1) is 0 Å². The van der Waals surface area contributed by atoms with Crippen LogP contribution in [-0.4, -0.2) is 23.2 Å². The molecule has 4 nitrogen and oxygen atoms in total. The van der Waals surface area contributed by atoms with Gasteiger partial charge in [-0.05, 0) is 41.5 Å². The predicted molar refractivity (Wildman–Crippen MR) is 125 cm³/mol. The summed E-state index contributed by atoms with van der Waals surface area (Å²) in [5.41, 5.74) is 2.73. The van der Waals surface area contributed by atoms with Crippen molar-refractivity contribution < 1.29 is 9.53 Å². The maximum atomic E-state index is 12.8. The number of ether oxygens (including phenoxy) is 1. The van der Waals surface area contributed by atoms with Crippen LogP contribution in [0.2, 0.25) is 10.0 Å². The molecule has 0 aliphatic carbocycles. The molecule has 1 saturated heterocycles. The SMILES string of the molecule is O=C(Nc1ccc(Cl)cc1Cl)N1CCSC1c1ccc(OCc2ccccc2)cc1. The molecule has 1 heterocycles. The minimum Gasteiger partial charge on any atom is -0.489 e. The second-order valence-corrected chi connectivity index (χ2v) is 8.85. The monoisotopic (exact) mass is 458 g/mol. The predicted octanol–water partition coefficient (Wildman–Crippen LogP) is 6.85. The van der Waals surface area contributed by atoms with E-state index in [0.29, 0.717) is 28.9 Å². The van der Waals surface area contributed by atoms with E-state index in [1.165, 1.54) is 0 Å². The second-order valence-electron chi connectivity index (χ2n) is 6.81. The van der Waals surface area contributed by atoms with Crippen molar-refractivity contribution in [3.8, 4) is 5.75 Å². The molecule has 1 N–H and O–H groups in total. The van der Waals surface area contributed by atoms with E-state index in [0.717, 1.165) is 22.6 Å². The van der Waals surface area contributed by atoms with Crippen LogP contribution < -0.4 is 10.1 Å². The Morgan fingerprint density at radius 1 is 1.07 bits per heavy atom. The minimum absolute atomic E-state index is 0.0563. The summed E-state index contributed by atoms with van der Waals surface area (Å²) in [4.78, 5) is 14.7. The van der Waals surface area contributed by atoms with Crippen LogP contribution in [0.15, 0.2) is 72.8 Å². The molecule has 2 amide bonds. The summed E-state index contributed by atoms with van der Waals surface area (Å²) in [6.07, 6.45) is 0. The molecule has 0 spiro atoms. The number of hydrogen-bond donors (Lipinski definition) is 1. The standard InChI is InChI=1S/C23H20Cl2N2O2S/c24-18-8-11-21(20(25)14-18)26-23(28)27-12-13-30-22(27)17-6-9-19(10-7-17)29-15-16-4-2-1-3-5-16/h1-11,14,22H,12-13,15H2,(H,26,28). The molecule has 0 radical (unpaired) electrons. The lowest BCUT2D eigenvalue weighted by atomic mass is 10.2. The number of amides is 2. The number of carbonyl (C=O) groups excluding carboxylic acids is 1. The van der Waals surface area contributed by atoms with Crippen LogP contribution in [0.4, 0.5) is 10.5 Å². The first-order valence-corrected chi connectivity index (χ1v) is 11.3. The van der Waals surface area contributed by atoms with Crippen LogP contribution in [-0.2, 0) is 6.61 Å². The Morgan fingerprint density at radius 2 is 1.83 bits per heavy atom. The molecule has 1 atom stereocenters. The summed E-state index contributed by atoms with van der Waals surface area (Å²) in [7, 11) is 0. The van der Waals surface area contributed by atoms with E-state index in [1.54, 1.807) is 30.0 Å². The Kier molecular flexibility index (Phi) is 6.72. The third-order valence-corrected chi connectivity index (χ3v) is 6.55. The smallest absolute Gasteiger partial charge is 0.323 e. The van der Waals surface area contributed by atoms with Gasteiger partial charge in [-0.15, -0.1) is 11.8 Å². The normalized spacial score (nSPS) is 15.8.